The van der Waals surface area contributed by atoms with Crippen molar-refractivity contribution in [2.24, 2.45) is 7.05 Å². The summed E-state index contributed by atoms with van der Waals surface area (Å²) in [6.07, 6.45) is 2.73. The van der Waals surface area contributed by atoms with Gasteiger partial charge in [0.25, 0.3) is 0 Å². The van der Waals surface area contributed by atoms with Crippen LogP contribution < -0.4 is 5.73 Å². The fourth-order valence-electron chi connectivity index (χ4n) is 2.14. The van der Waals surface area contributed by atoms with Crippen LogP contribution in [0.1, 0.15) is 22.5 Å². The van der Waals surface area contributed by atoms with E-state index in [4.69, 9.17) is 11.0 Å². The number of nitriles is 1. The molecule has 2 aromatic rings. The summed E-state index contributed by atoms with van der Waals surface area (Å²) in [4.78, 5) is 0. The number of hydrogen-bond acceptors (Lipinski definition) is 3. The summed E-state index contributed by atoms with van der Waals surface area (Å²) < 4.78 is 3.77. The van der Waals surface area contributed by atoms with Gasteiger partial charge >= 0.3 is 0 Å². The quantitative estimate of drug-likeness (QED) is 0.888. The van der Waals surface area contributed by atoms with Gasteiger partial charge in [0.05, 0.1) is 11.3 Å². The molecule has 0 radical (unpaired) electrons. The molecule has 0 unspecified atom stereocenters. The van der Waals surface area contributed by atoms with E-state index in [1.807, 2.05) is 37.7 Å². The number of nitrogen functional groups attached to an aromatic ring is 1. The minimum absolute atomic E-state index is 0.559. The maximum Gasteiger partial charge on any atom is 0.122 e. The Morgan fingerprint density at radius 3 is 2.67 bits per heavy atom. The molecular formula is C13H17N5. The fourth-order valence-corrected chi connectivity index (χ4v) is 2.14. The van der Waals surface area contributed by atoms with E-state index in [-0.39, 0.29) is 0 Å². The first-order valence-corrected chi connectivity index (χ1v) is 5.88. The van der Waals surface area contributed by atoms with Crippen molar-refractivity contribution >= 4 is 5.82 Å². The van der Waals surface area contributed by atoms with Crippen LogP contribution in [0.15, 0.2) is 12.3 Å². The average molecular weight is 243 g/mol. The third kappa shape index (κ3) is 1.97. The molecule has 0 spiro atoms. The number of hydrogen-bond donors (Lipinski definition) is 1. The SMILES string of the molecule is Cc1c(C#N)c(N)n(CCc2ccn(C)n2)c1C. The minimum Gasteiger partial charge on any atom is -0.384 e. The van der Waals surface area contributed by atoms with Crippen molar-refractivity contribution < 1.29 is 0 Å². The molecule has 0 aliphatic carbocycles. The van der Waals surface area contributed by atoms with Gasteiger partial charge in [-0.1, -0.05) is 0 Å². The second-order valence-electron chi connectivity index (χ2n) is 4.46. The molecule has 0 saturated heterocycles. The molecule has 0 saturated carbocycles. The highest BCUT2D eigenvalue weighted by atomic mass is 15.2. The predicted octanol–water partition coefficient (Wildman–Crippen LogP) is 1.54. The van der Waals surface area contributed by atoms with Crippen molar-refractivity contribution in [1.82, 2.24) is 14.3 Å². The molecule has 94 valence electrons. The highest BCUT2D eigenvalue weighted by molar-refractivity contribution is 5.57. The van der Waals surface area contributed by atoms with Crippen molar-refractivity contribution in [3.63, 3.8) is 0 Å². The first kappa shape index (κ1) is 12.2. The predicted molar refractivity (Wildman–Crippen MR) is 69.9 cm³/mol. The van der Waals surface area contributed by atoms with Gasteiger partial charge in [0.15, 0.2) is 0 Å². The molecule has 2 rings (SSSR count). The van der Waals surface area contributed by atoms with Gasteiger partial charge in [0.2, 0.25) is 0 Å². The van der Waals surface area contributed by atoms with Crippen LogP contribution in [0.25, 0.3) is 0 Å². The standard InChI is InChI=1S/C13H17N5/c1-9-10(2)18(13(15)12(9)8-14)7-5-11-4-6-17(3)16-11/h4,6H,5,7,15H2,1-3H3. The van der Waals surface area contributed by atoms with E-state index in [0.717, 1.165) is 29.9 Å². The maximum atomic E-state index is 9.07. The zero-order valence-corrected chi connectivity index (χ0v) is 10.9. The van der Waals surface area contributed by atoms with Crippen LogP contribution in [-0.4, -0.2) is 14.3 Å². The summed E-state index contributed by atoms with van der Waals surface area (Å²) in [5.74, 6) is 0.559. The van der Waals surface area contributed by atoms with Gasteiger partial charge < -0.3 is 10.3 Å². The van der Waals surface area contributed by atoms with E-state index in [1.165, 1.54) is 0 Å². The second-order valence-corrected chi connectivity index (χ2v) is 4.46. The van der Waals surface area contributed by atoms with E-state index in [9.17, 15) is 0 Å². The molecule has 0 aromatic carbocycles. The Labute approximate surface area is 106 Å². The number of anilines is 1. The van der Waals surface area contributed by atoms with Crippen LogP contribution in [0.5, 0.6) is 0 Å². The molecule has 0 aliphatic rings. The lowest BCUT2D eigenvalue weighted by molar-refractivity contribution is 0.660. The zero-order valence-electron chi connectivity index (χ0n) is 10.9. The first-order chi connectivity index (χ1) is 8.54. The van der Waals surface area contributed by atoms with Gasteiger partial charge in [-0.25, -0.2) is 0 Å². The number of rotatable bonds is 3. The van der Waals surface area contributed by atoms with Gasteiger partial charge in [-0.3, -0.25) is 4.68 Å². The smallest absolute Gasteiger partial charge is 0.122 e. The van der Waals surface area contributed by atoms with Crippen molar-refractivity contribution in [2.75, 3.05) is 5.73 Å². The molecule has 0 bridgehead atoms. The van der Waals surface area contributed by atoms with Crippen molar-refractivity contribution in [3.05, 3.63) is 34.8 Å². The molecule has 5 heteroatoms. The van der Waals surface area contributed by atoms with Crippen molar-refractivity contribution in [3.8, 4) is 6.07 Å². The molecule has 2 aromatic heterocycles. The first-order valence-electron chi connectivity index (χ1n) is 5.88. The number of nitrogens with two attached hydrogens (primary N) is 1. The monoisotopic (exact) mass is 243 g/mol. The van der Waals surface area contributed by atoms with Crippen LogP contribution in [0.4, 0.5) is 5.82 Å². The molecule has 0 amide bonds. The Kier molecular flexibility index (Phi) is 3.11. The Hall–Kier alpha value is -2.22. The Morgan fingerprint density at radius 2 is 2.17 bits per heavy atom. The van der Waals surface area contributed by atoms with Gasteiger partial charge in [-0.2, -0.15) is 10.4 Å². The molecule has 0 aliphatic heterocycles. The summed E-state index contributed by atoms with van der Waals surface area (Å²) in [7, 11) is 1.90. The highest BCUT2D eigenvalue weighted by Gasteiger charge is 2.14. The van der Waals surface area contributed by atoms with Gasteiger partial charge in [-0.15, -0.1) is 0 Å². The number of nitrogens with zero attached hydrogens (tertiary/aromatic N) is 4. The lowest BCUT2D eigenvalue weighted by Gasteiger charge is -2.07. The Balaban J connectivity index is 2.23. The fraction of sp³-hybridized carbons (Fsp3) is 0.385. The third-order valence-corrected chi connectivity index (χ3v) is 3.34. The van der Waals surface area contributed by atoms with Crippen LogP contribution in [0.3, 0.4) is 0 Å². The maximum absolute atomic E-state index is 9.07. The van der Waals surface area contributed by atoms with Gasteiger partial charge in [0.1, 0.15) is 11.9 Å². The van der Waals surface area contributed by atoms with Gasteiger partial charge in [-0.05, 0) is 25.5 Å². The zero-order chi connectivity index (χ0) is 13.3. The van der Waals surface area contributed by atoms with Crippen LogP contribution in [0.2, 0.25) is 0 Å². The van der Waals surface area contributed by atoms with E-state index >= 15 is 0 Å². The molecule has 0 fully saturated rings. The van der Waals surface area contributed by atoms with E-state index < -0.39 is 0 Å². The number of aromatic nitrogens is 3. The largest absolute Gasteiger partial charge is 0.384 e. The highest BCUT2D eigenvalue weighted by Crippen LogP contribution is 2.23. The molecule has 0 atom stereocenters. The second kappa shape index (κ2) is 4.57. The third-order valence-electron chi connectivity index (χ3n) is 3.34. The number of aryl methyl sites for hydroxylation is 2. The van der Waals surface area contributed by atoms with Crippen LogP contribution in [-0.2, 0) is 20.0 Å². The Morgan fingerprint density at radius 1 is 1.44 bits per heavy atom. The minimum atomic E-state index is 0.559. The van der Waals surface area contributed by atoms with Crippen molar-refractivity contribution in [1.29, 1.82) is 5.26 Å². The summed E-state index contributed by atoms with van der Waals surface area (Å²) >= 11 is 0. The average Bonchev–Trinajstić information content (AvgIpc) is 2.83. The lowest BCUT2D eigenvalue weighted by atomic mass is 10.2. The Bertz CT molecular complexity index is 612. The summed E-state index contributed by atoms with van der Waals surface area (Å²) in [5.41, 5.74) is 9.64. The molecule has 5 nitrogen and oxygen atoms in total. The normalized spacial score (nSPS) is 10.6. The van der Waals surface area contributed by atoms with Gasteiger partial charge in [0, 0.05) is 31.9 Å². The van der Waals surface area contributed by atoms with E-state index in [1.54, 1.807) is 4.68 Å². The summed E-state index contributed by atoms with van der Waals surface area (Å²) in [5, 5.41) is 13.4. The lowest BCUT2D eigenvalue weighted by Crippen LogP contribution is -2.08. The van der Waals surface area contributed by atoms with Crippen LogP contribution in [0, 0.1) is 25.2 Å². The summed E-state index contributed by atoms with van der Waals surface area (Å²) in [6, 6.07) is 4.15. The van der Waals surface area contributed by atoms with Crippen LogP contribution >= 0.6 is 0 Å². The van der Waals surface area contributed by atoms with E-state index in [0.29, 0.717) is 11.4 Å². The molecule has 2 N–H and O–H groups in total. The molecular weight excluding hydrogens is 226 g/mol. The molecule has 2 heterocycles. The topological polar surface area (TPSA) is 72.6 Å². The molecule has 18 heavy (non-hydrogen) atoms. The van der Waals surface area contributed by atoms with Crippen molar-refractivity contribution in [2.45, 2.75) is 26.8 Å². The van der Waals surface area contributed by atoms with E-state index in [2.05, 4.69) is 11.2 Å². The summed E-state index contributed by atoms with van der Waals surface area (Å²) in [6.45, 7) is 4.67.